The van der Waals surface area contributed by atoms with E-state index in [9.17, 15) is 45.3 Å². The van der Waals surface area contributed by atoms with E-state index in [0.29, 0.717) is 18.2 Å². The predicted octanol–water partition coefficient (Wildman–Crippen LogP) is 2.75. The summed E-state index contributed by atoms with van der Waals surface area (Å²) in [5.74, 6) is -4.28. The number of nitro groups is 1. The molecule has 8 nitrogen and oxygen atoms in total. The summed E-state index contributed by atoms with van der Waals surface area (Å²) in [6.07, 6.45) is -4.77. The van der Waals surface area contributed by atoms with Crippen molar-refractivity contribution in [2.45, 2.75) is 11.1 Å². The monoisotopic (exact) mass is 453 g/mol. The molecule has 0 saturated heterocycles. The second-order valence-corrected chi connectivity index (χ2v) is 7.62. The Kier molecular flexibility index (Phi) is 6.60. The van der Waals surface area contributed by atoms with Crippen molar-refractivity contribution in [1.82, 2.24) is 5.32 Å². The van der Waals surface area contributed by atoms with Crippen LogP contribution in [-0.4, -0.2) is 38.5 Å². The number of non-ortho nitro benzene ring substituents is 1. The van der Waals surface area contributed by atoms with Gasteiger partial charge in [0.1, 0.15) is 13.1 Å². The number of amides is 1. The van der Waals surface area contributed by atoms with Gasteiger partial charge in [0.2, 0.25) is 5.91 Å². The van der Waals surface area contributed by atoms with Gasteiger partial charge in [-0.3, -0.25) is 19.2 Å². The standard InChI is InChI=1S/C16H12F5N3O5S/c17-13-5-4-12(7-14(13)18)30(28,29)23(8-15(25)22-9-16(19,20)21)10-2-1-3-11(6-10)24(26)27/h1-7H,8-9H2,(H,22,25). The molecule has 14 heteroatoms. The number of nitro benzene ring substituents is 1. The first-order valence-corrected chi connectivity index (χ1v) is 9.31. The molecule has 1 amide bonds. The molecule has 0 bridgehead atoms. The van der Waals surface area contributed by atoms with E-state index in [4.69, 9.17) is 0 Å². The number of halogens is 5. The van der Waals surface area contributed by atoms with Crippen LogP contribution in [0.5, 0.6) is 0 Å². The van der Waals surface area contributed by atoms with Crippen molar-refractivity contribution in [3.8, 4) is 0 Å². The lowest BCUT2D eigenvalue weighted by molar-refractivity contribution is -0.384. The molecule has 0 radical (unpaired) electrons. The largest absolute Gasteiger partial charge is 0.405 e. The molecule has 0 fully saturated rings. The number of nitrogens with zero attached hydrogens (tertiary/aromatic N) is 2. The molecule has 0 aliphatic heterocycles. The average Bonchev–Trinajstić information content (AvgIpc) is 2.65. The molecular weight excluding hydrogens is 441 g/mol. The number of anilines is 1. The van der Waals surface area contributed by atoms with E-state index in [1.165, 1.54) is 5.32 Å². The Bertz CT molecular complexity index is 1080. The normalized spacial score (nSPS) is 11.8. The third kappa shape index (κ3) is 5.62. The molecule has 162 valence electrons. The van der Waals surface area contributed by atoms with Crippen LogP contribution in [0, 0.1) is 21.7 Å². The van der Waals surface area contributed by atoms with E-state index >= 15 is 0 Å². The number of carbonyl (C=O) groups is 1. The molecule has 0 atom stereocenters. The van der Waals surface area contributed by atoms with Crippen LogP contribution in [0.1, 0.15) is 0 Å². The first kappa shape index (κ1) is 23.0. The zero-order valence-electron chi connectivity index (χ0n) is 14.7. The lowest BCUT2D eigenvalue weighted by atomic mass is 10.3. The van der Waals surface area contributed by atoms with E-state index in [2.05, 4.69) is 0 Å². The number of hydrogen-bond acceptors (Lipinski definition) is 5. The number of benzene rings is 2. The Labute approximate surface area is 166 Å². The maximum absolute atomic E-state index is 13.5. The molecule has 0 spiro atoms. The van der Waals surface area contributed by atoms with Gasteiger partial charge < -0.3 is 5.32 Å². The summed E-state index contributed by atoms with van der Waals surface area (Å²) >= 11 is 0. The van der Waals surface area contributed by atoms with Crippen LogP contribution in [0.3, 0.4) is 0 Å². The van der Waals surface area contributed by atoms with Crippen LogP contribution < -0.4 is 9.62 Å². The van der Waals surface area contributed by atoms with Gasteiger partial charge in [-0.25, -0.2) is 17.2 Å². The van der Waals surface area contributed by atoms with Crippen molar-refractivity contribution in [3.05, 3.63) is 64.2 Å². The van der Waals surface area contributed by atoms with Crippen molar-refractivity contribution in [3.63, 3.8) is 0 Å². The molecule has 0 heterocycles. The minimum Gasteiger partial charge on any atom is -0.345 e. The highest BCUT2D eigenvalue weighted by Gasteiger charge is 2.31. The number of nitrogens with one attached hydrogen (secondary N) is 1. The Morgan fingerprint density at radius 3 is 2.33 bits per heavy atom. The zero-order valence-corrected chi connectivity index (χ0v) is 15.5. The van der Waals surface area contributed by atoms with Gasteiger partial charge in [0, 0.05) is 12.1 Å². The highest BCUT2D eigenvalue weighted by molar-refractivity contribution is 7.92. The highest BCUT2D eigenvalue weighted by Crippen LogP contribution is 2.27. The van der Waals surface area contributed by atoms with Crippen molar-refractivity contribution in [2.24, 2.45) is 0 Å². The molecule has 0 aliphatic carbocycles. The molecule has 0 aliphatic rings. The van der Waals surface area contributed by atoms with Crippen LogP contribution >= 0.6 is 0 Å². The van der Waals surface area contributed by atoms with Gasteiger partial charge in [-0.15, -0.1) is 0 Å². The van der Waals surface area contributed by atoms with E-state index in [0.717, 1.165) is 24.3 Å². The maximum atomic E-state index is 13.5. The van der Waals surface area contributed by atoms with Crippen LogP contribution in [0.25, 0.3) is 0 Å². The predicted molar refractivity (Wildman–Crippen MR) is 93.1 cm³/mol. The van der Waals surface area contributed by atoms with Gasteiger partial charge in [-0.05, 0) is 24.3 Å². The number of carbonyl (C=O) groups excluding carboxylic acids is 1. The van der Waals surface area contributed by atoms with Gasteiger partial charge in [0.15, 0.2) is 11.6 Å². The SMILES string of the molecule is O=C(CN(c1cccc([N+](=O)[O-])c1)S(=O)(=O)c1ccc(F)c(F)c1)NCC(F)(F)F. The summed E-state index contributed by atoms with van der Waals surface area (Å²) < 4.78 is 89.6. The first-order chi connectivity index (χ1) is 13.8. The van der Waals surface area contributed by atoms with Gasteiger partial charge in [0.05, 0.1) is 15.5 Å². The second-order valence-electron chi connectivity index (χ2n) is 5.76. The van der Waals surface area contributed by atoms with E-state index in [1.807, 2.05) is 0 Å². The first-order valence-electron chi connectivity index (χ1n) is 7.87. The lowest BCUT2D eigenvalue weighted by Crippen LogP contribution is -2.43. The number of alkyl halides is 3. The van der Waals surface area contributed by atoms with Gasteiger partial charge in [-0.1, -0.05) is 6.07 Å². The molecule has 0 unspecified atom stereocenters. The molecule has 1 N–H and O–H groups in total. The minimum atomic E-state index is -4.82. The van der Waals surface area contributed by atoms with Gasteiger partial charge >= 0.3 is 6.18 Å². The number of sulfonamides is 1. The van der Waals surface area contributed by atoms with Crippen LogP contribution in [0.2, 0.25) is 0 Å². The van der Waals surface area contributed by atoms with Crippen molar-refractivity contribution < 1.29 is 40.1 Å². The van der Waals surface area contributed by atoms with Crippen LogP contribution in [-0.2, 0) is 14.8 Å². The Hall–Kier alpha value is -3.29. The summed E-state index contributed by atoms with van der Waals surface area (Å²) in [5, 5.41) is 12.4. The summed E-state index contributed by atoms with van der Waals surface area (Å²) in [4.78, 5) is 21.2. The summed E-state index contributed by atoms with van der Waals surface area (Å²) in [6, 6.07) is 5.37. The average molecular weight is 453 g/mol. The molecule has 2 rings (SSSR count). The highest BCUT2D eigenvalue weighted by atomic mass is 32.2. The Balaban J connectivity index is 2.49. The van der Waals surface area contributed by atoms with Crippen LogP contribution in [0.4, 0.5) is 33.3 Å². The summed E-state index contributed by atoms with van der Waals surface area (Å²) in [5.41, 5.74) is -1.02. The minimum absolute atomic E-state index is 0.248. The molecule has 2 aromatic carbocycles. The topological polar surface area (TPSA) is 110 Å². The number of rotatable bonds is 7. The Morgan fingerprint density at radius 2 is 1.77 bits per heavy atom. The van der Waals surface area contributed by atoms with Crippen molar-refractivity contribution in [2.75, 3.05) is 17.4 Å². The van der Waals surface area contributed by atoms with Gasteiger partial charge in [-0.2, -0.15) is 13.2 Å². The van der Waals surface area contributed by atoms with E-state index in [1.54, 1.807) is 0 Å². The fraction of sp³-hybridized carbons (Fsp3) is 0.188. The van der Waals surface area contributed by atoms with E-state index in [-0.39, 0.29) is 4.31 Å². The number of hydrogen-bond donors (Lipinski definition) is 1. The van der Waals surface area contributed by atoms with Crippen LogP contribution in [0.15, 0.2) is 47.4 Å². The Morgan fingerprint density at radius 1 is 1.10 bits per heavy atom. The molecule has 0 aromatic heterocycles. The van der Waals surface area contributed by atoms with Crippen molar-refractivity contribution in [1.29, 1.82) is 0 Å². The fourth-order valence-electron chi connectivity index (χ4n) is 2.23. The molecular formula is C16H12F5N3O5S. The summed E-state index contributed by atoms with van der Waals surface area (Å²) in [6.45, 7) is -2.96. The maximum Gasteiger partial charge on any atom is 0.405 e. The molecule has 30 heavy (non-hydrogen) atoms. The second kappa shape index (κ2) is 8.61. The lowest BCUT2D eigenvalue weighted by Gasteiger charge is -2.24. The quantitative estimate of drug-likeness (QED) is 0.394. The smallest absolute Gasteiger partial charge is 0.345 e. The molecule has 0 saturated carbocycles. The van der Waals surface area contributed by atoms with Gasteiger partial charge in [0.25, 0.3) is 15.7 Å². The zero-order chi connectivity index (χ0) is 22.7. The third-order valence-corrected chi connectivity index (χ3v) is 5.35. The van der Waals surface area contributed by atoms with E-state index < -0.39 is 68.0 Å². The fourth-order valence-corrected chi connectivity index (χ4v) is 3.65. The van der Waals surface area contributed by atoms with Crippen molar-refractivity contribution >= 4 is 27.3 Å². The molecule has 2 aromatic rings. The third-order valence-electron chi connectivity index (χ3n) is 3.58. The summed E-state index contributed by atoms with van der Waals surface area (Å²) in [7, 11) is -4.82.